The molecule has 0 bridgehead atoms. The molecular formula is C56H81FN3O18P. The smallest absolute Gasteiger partial charge is 0.327 e. The van der Waals surface area contributed by atoms with Gasteiger partial charge in [0, 0.05) is 41.6 Å². The highest BCUT2D eigenvalue weighted by Gasteiger charge is 2.38. The van der Waals surface area contributed by atoms with Crippen molar-refractivity contribution in [1.29, 1.82) is 0 Å². The summed E-state index contributed by atoms with van der Waals surface area (Å²) in [5.41, 5.74) is 2.69. The first-order valence-electron chi connectivity index (χ1n) is 26.3. The minimum atomic E-state index is -2.58. The van der Waals surface area contributed by atoms with E-state index in [1.807, 2.05) is 13.8 Å². The van der Waals surface area contributed by atoms with Crippen molar-refractivity contribution >= 4 is 38.1 Å². The number of aliphatic hydroxyl groups is 1. The average molecular weight is 1130 g/mol. The van der Waals surface area contributed by atoms with Crippen LogP contribution in [-0.2, 0) is 67.1 Å². The van der Waals surface area contributed by atoms with Crippen LogP contribution in [0.15, 0.2) is 72.1 Å². The van der Waals surface area contributed by atoms with E-state index in [0.29, 0.717) is 168 Å². The van der Waals surface area contributed by atoms with Gasteiger partial charge in [0.25, 0.3) is 0 Å². The fourth-order valence-corrected chi connectivity index (χ4v) is 8.12. The Morgan fingerprint density at radius 2 is 1.29 bits per heavy atom. The summed E-state index contributed by atoms with van der Waals surface area (Å²) in [4.78, 5) is 58.9. The Kier molecular flexibility index (Phi) is 31.0. The van der Waals surface area contributed by atoms with E-state index in [0.717, 1.165) is 0 Å². The molecule has 79 heavy (non-hydrogen) atoms. The zero-order valence-electron chi connectivity index (χ0n) is 46.6. The highest BCUT2D eigenvalue weighted by Crippen LogP contribution is 2.44. The van der Waals surface area contributed by atoms with Crippen molar-refractivity contribution < 1.29 is 90.3 Å². The van der Waals surface area contributed by atoms with Gasteiger partial charge in [-0.3, -0.25) is 14.4 Å². The number of amides is 2. The number of halogens is 1. The van der Waals surface area contributed by atoms with Crippen LogP contribution in [0.4, 0.5) is 10.1 Å². The van der Waals surface area contributed by atoms with Crippen molar-refractivity contribution in [3.05, 3.63) is 100 Å². The Morgan fingerprint density at radius 3 is 1.80 bits per heavy atom. The number of allylic oxidation sites excluding steroid dienone is 2. The number of benzene rings is 3. The first-order valence-corrected chi connectivity index (χ1v) is 27.5. The van der Waals surface area contributed by atoms with Gasteiger partial charge in [-0.1, -0.05) is 6.07 Å². The second-order valence-electron chi connectivity index (χ2n) is 18.7. The number of hydrogen-bond acceptors (Lipinski definition) is 19. The Morgan fingerprint density at radius 1 is 0.759 bits per heavy atom. The fourth-order valence-electron chi connectivity index (χ4n) is 7.83. The number of nitrogens with one attached hydrogen (secondary N) is 2. The third-order valence-corrected chi connectivity index (χ3v) is 12.2. The van der Waals surface area contributed by atoms with E-state index in [1.54, 1.807) is 82.0 Å². The van der Waals surface area contributed by atoms with Crippen LogP contribution < -0.4 is 20.1 Å². The number of carbonyl (C=O) groups excluding carboxylic acids is 3. The van der Waals surface area contributed by atoms with E-state index in [-0.39, 0.29) is 45.3 Å². The van der Waals surface area contributed by atoms with Gasteiger partial charge in [0.05, 0.1) is 117 Å². The normalized spacial score (nSPS) is 13.9. The molecule has 0 aromatic heterocycles. The largest absolute Gasteiger partial charge is 0.491 e. The molecule has 1 unspecified atom stereocenters. The molecule has 3 aromatic rings. The second-order valence-corrected chi connectivity index (χ2v) is 19.5. The summed E-state index contributed by atoms with van der Waals surface area (Å²) in [6.45, 7) is 19.1. The number of hydrogen-bond donors (Lipinski definition) is 5. The molecule has 0 aliphatic carbocycles. The molecule has 5 N–H and O–H groups in total. The number of nitrogens with zero attached hydrogens (tertiary/aromatic N) is 1. The first kappa shape index (κ1) is 66.3. The van der Waals surface area contributed by atoms with Crippen molar-refractivity contribution in [3.63, 3.8) is 0 Å². The molecule has 1 atom stereocenters. The third kappa shape index (κ3) is 25.4. The summed E-state index contributed by atoms with van der Waals surface area (Å²) in [5, 5.41) is 16.7. The second kappa shape index (κ2) is 37.0. The highest BCUT2D eigenvalue weighted by molar-refractivity contribution is 7.39. The van der Waals surface area contributed by atoms with Crippen LogP contribution in [0.5, 0.6) is 17.2 Å². The molecular weight excluding hydrogens is 1050 g/mol. The average Bonchev–Trinajstić information content (AvgIpc) is 3.80. The maximum atomic E-state index is 14.4. The topological polar surface area (TPSA) is 250 Å². The molecule has 21 nitrogen and oxygen atoms in total. The predicted octanol–water partition coefficient (Wildman–Crippen LogP) is 6.97. The summed E-state index contributed by atoms with van der Waals surface area (Å²) in [7, 11) is -2.58. The highest BCUT2D eigenvalue weighted by atomic mass is 31.2. The summed E-state index contributed by atoms with van der Waals surface area (Å²) >= 11 is 0. The number of rotatable bonds is 42. The van der Waals surface area contributed by atoms with Gasteiger partial charge in [0.2, 0.25) is 12.3 Å². The summed E-state index contributed by atoms with van der Waals surface area (Å²) in [6, 6.07) is 13.6. The van der Waals surface area contributed by atoms with E-state index in [4.69, 9.17) is 66.4 Å². The van der Waals surface area contributed by atoms with Gasteiger partial charge in [0.1, 0.15) is 35.7 Å². The molecule has 440 valence electrons. The van der Waals surface area contributed by atoms with Gasteiger partial charge in [-0.25, -0.2) is 4.39 Å². The van der Waals surface area contributed by atoms with E-state index >= 15 is 0 Å². The monoisotopic (exact) mass is 1130 g/mol. The van der Waals surface area contributed by atoms with Crippen LogP contribution in [0, 0.1) is 19.7 Å². The first-order chi connectivity index (χ1) is 38.0. The van der Waals surface area contributed by atoms with Crippen molar-refractivity contribution in [2.75, 3.05) is 124 Å². The van der Waals surface area contributed by atoms with E-state index < -0.39 is 37.9 Å². The maximum absolute atomic E-state index is 14.4. The quantitative estimate of drug-likeness (QED) is 0.0166. The molecule has 0 fully saturated rings. The zero-order chi connectivity index (χ0) is 57.4. The van der Waals surface area contributed by atoms with Crippen LogP contribution in [0.3, 0.4) is 0 Å². The Labute approximate surface area is 464 Å². The number of ether oxygens (including phenoxy) is 11. The number of esters is 1. The van der Waals surface area contributed by atoms with Gasteiger partial charge in [0.15, 0.2) is 6.73 Å². The number of carbonyl (C=O) groups is 3. The molecule has 3 aromatic carbocycles. The molecule has 0 saturated heterocycles. The molecule has 0 radical (unpaired) electrons. The Hall–Kier alpha value is -5.17. The molecule has 4 rings (SSSR count). The molecule has 23 heteroatoms. The van der Waals surface area contributed by atoms with Crippen LogP contribution in [0.2, 0.25) is 0 Å². The Balaban J connectivity index is 1.25. The van der Waals surface area contributed by atoms with Gasteiger partial charge in [-0.2, -0.15) is 0 Å². The Bertz CT molecular complexity index is 2330. The van der Waals surface area contributed by atoms with Crippen molar-refractivity contribution in [2.45, 2.75) is 85.5 Å². The summed E-state index contributed by atoms with van der Waals surface area (Å²) in [6.07, 6.45) is 2.27. The van der Waals surface area contributed by atoms with Crippen LogP contribution >= 0.6 is 8.60 Å². The molecule has 1 heterocycles. The lowest BCUT2D eigenvalue weighted by Crippen LogP contribution is -2.41. The van der Waals surface area contributed by atoms with Gasteiger partial charge in [-0.05, 0) is 126 Å². The molecule has 0 saturated carbocycles. The molecule has 1 aliphatic heterocycles. The molecule has 1 aliphatic rings. The lowest BCUT2D eigenvalue weighted by molar-refractivity contribution is -0.149. The molecule has 2 amide bonds. The fraction of sp³-hybridized carbons (Fsp3) is 0.554. The SMILES string of the molecule is CC1=C(/C(=C\NC=O)c2cc(C(C)(C)O)ccc2Oc2c(C)cc(F)cc2C)CC(C(=O)Nc2ccc(OCCOCCOCCOCCOCCOCCOCCOCCOC(C)C)cc2)N1COC(=O)CCCOP(O)O. The third-order valence-electron chi connectivity index (χ3n) is 11.8. The number of anilines is 1. The number of aryl methyl sites for hydroxylation is 2. The van der Waals surface area contributed by atoms with Crippen molar-refractivity contribution in [2.24, 2.45) is 0 Å². The standard InChI is InChI=1S/C56H81FN3O18P/c1-40(2)74-31-29-72-27-25-70-23-21-68-19-17-67-18-20-69-22-24-71-26-28-73-30-32-75-47-13-11-46(12-14-47)59-55(63)51-36-48(43(5)60(51)39-76-53(62)9-8-16-77-79(65)66)50(37-58-38-61)49-35-44(56(6,7)64)10-15-52(49)78-54-41(3)33-45(57)34-42(54)4/h10-15,33-35,37-38,40,51,64-66H,8-9,16-32,36,39H2,1-7H3,(H,58,61)(H,59,63)/b50-37+. The van der Waals surface area contributed by atoms with Crippen molar-refractivity contribution in [1.82, 2.24) is 10.2 Å². The van der Waals surface area contributed by atoms with Gasteiger partial charge < -0.3 is 87.1 Å². The minimum Gasteiger partial charge on any atom is -0.491 e. The zero-order valence-corrected chi connectivity index (χ0v) is 47.5. The van der Waals surface area contributed by atoms with Gasteiger partial charge in [-0.15, -0.1) is 0 Å². The lowest BCUT2D eigenvalue weighted by Gasteiger charge is -2.27. The predicted molar refractivity (Wildman–Crippen MR) is 293 cm³/mol. The summed E-state index contributed by atoms with van der Waals surface area (Å²) < 4.78 is 81.3. The van der Waals surface area contributed by atoms with Crippen LogP contribution in [-0.4, -0.2) is 169 Å². The maximum Gasteiger partial charge on any atom is 0.327 e. The van der Waals surface area contributed by atoms with E-state index in [9.17, 15) is 23.9 Å². The van der Waals surface area contributed by atoms with Crippen LogP contribution in [0.1, 0.15) is 76.1 Å². The van der Waals surface area contributed by atoms with Gasteiger partial charge >= 0.3 is 14.6 Å². The van der Waals surface area contributed by atoms with Crippen LogP contribution in [0.25, 0.3) is 5.57 Å². The van der Waals surface area contributed by atoms with Crippen molar-refractivity contribution in [3.8, 4) is 17.2 Å². The minimum absolute atomic E-state index is 0.0607. The van der Waals surface area contributed by atoms with E-state index in [1.165, 1.54) is 18.3 Å². The van der Waals surface area contributed by atoms with E-state index in [2.05, 4.69) is 10.6 Å². The molecule has 0 spiro atoms. The summed E-state index contributed by atoms with van der Waals surface area (Å²) in [5.74, 6) is -0.222. The lowest BCUT2D eigenvalue weighted by atomic mass is 9.89.